The summed E-state index contributed by atoms with van der Waals surface area (Å²) in [7, 11) is 3.78. The van der Waals surface area contributed by atoms with Crippen molar-refractivity contribution < 1.29 is 4.74 Å². The first-order valence-corrected chi connectivity index (χ1v) is 7.15. The molecule has 3 heteroatoms. The zero-order chi connectivity index (χ0) is 13.9. The van der Waals surface area contributed by atoms with Crippen molar-refractivity contribution in [2.75, 3.05) is 27.2 Å². The van der Waals surface area contributed by atoms with Gasteiger partial charge in [0.2, 0.25) is 0 Å². The molecule has 1 atom stereocenters. The van der Waals surface area contributed by atoms with Crippen LogP contribution in [0.5, 0.6) is 5.75 Å². The zero-order valence-corrected chi connectivity index (χ0v) is 12.6. The van der Waals surface area contributed by atoms with Crippen LogP contribution in [0.3, 0.4) is 0 Å². The number of nitrogens with zero attached hydrogens (tertiary/aromatic N) is 1. The van der Waals surface area contributed by atoms with E-state index in [9.17, 15) is 0 Å². The van der Waals surface area contributed by atoms with Gasteiger partial charge >= 0.3 is 0 Å². The lowest BCUT2D eigenvalue weighted by Crippen LogP contribution is -2.50. The molecule has 0 spiro atoms. The van der Waals surface area contributed by atoms with Crippen LogP contribution >= 0.6 is 0 Å². The Balaban J connectivity index is 1.98. The zero-order valence-electron chi connectivity index (χ0n) is 12.6. The highest BCUT2D eigenvalue weighted by molar-refractivity contribution is 5.29. The number of ether oxygens (including phenoxy) is 1. The summed E-state index contributed by atoms with van der Waals surface area (Å²) < 4.78 is 5.21. The molecule has 1 N–H and O–H groups in total. The Morgan fingerprint density at radius 2 is 1.79 bits per heavy atom. The van der Waals surface area contributed by atoms with Gasteiger partial charge in [-0.25, -0.2) is 0 Å². The lowest BCUT2D eigenvalue weighted by atomic mass is 9.88. The van der Waals surface area contributed by atoms with Crippen molar-refractivity contribution in [3.8, 4) is 5.75 Å². The number of piperidine rings is 1. The average Bonchev–Trinajstić information content (AvgIpc) is 2.47. The molecule has 0 radical (unpaired) electrons. The number of hydrogen-bond acceptors (Lipinski definition) is 3. The molecule has 2 rings (SSSR count). The highest BCUT2D eigenvalue weighted by Gasteiger charge is 2.30. The largest absolute Gasteiger partial charge is 0.497 e. The third kappa shape index (κ3) is 3.28. The minimum absolute atomic E-state index is 0.316. The fraction of sp³-hybridized carbons (Fsp3) is 0.625. The highest BCUT2D eigenvalue weighted by Crippen LogP contribution is 2.29. The van der Waals surface area contributed by atoms with Gasteiger partial charge in [0.25, 0.3) is 0 Å². The molecule has 1 aliphatic heterocycles. The van der Waals surface area contributed by atoms with Crippen molar-refractivity contribution in [2.24, 2.45) is 0 Å². The van der Waals surface area contributed by atoms with E-state index in [1.165, 1.54) is 18.4 Å². The van der Waals surface area contributed by atoms with Crippen LogP contribution in [0.25, 0.3) is 0 Å². The SMILES string of the molecule is CNC1(C)CCN(C(C)c2ccc(OC)cc2)CC1. The summed E-state index contributed by atoms with van der Waals surface area (Å²) in [5.41, 5.74) is 1.68. The van der Waals surface area contributed by atoms with Crippen LogP contribution in [0.1, 0.15) is 38.3 Å². The van der Waals surface area contributed by atoms with E-state index in [4.69, 9.17) is 4.74 Å². The molecule has 106 valence electrons. The predicted molar refractivity (Wildman–Crippen MR) is 79.7 cm³/mol. The molecule has 0 aromatic heterocycles. The van der Waals surface area contributed by atoms with Gasteiger partial charge in [0.15, 0.2) is 0 Å². The molecule has 1 aromatic carbocycles. The summed E-state index contributed by atoms with van der Waals surface area (Å²) in [5, 5.41) is 3.45. The highest BCUT2D eigenvalue weighted by atomic mass is 16.5. The van der Waals surface area contributed by atoms with Crippen molar-refractivity contribution in [2.45, 2.75) is 38.3 Å². The third-order valence-corrected chi connectivity index (χ3v) is 4.65. The average molecular weight is 262 g/mol. The van der Waals surface area contributed by atoms with E-state index < -0.39 is 0 Å². The van der Waals surface area contributed by atoms with Gasteiger partial charge in [-0.15, -0.1) is 0 Å². The van der Waals surface area contributed by atoms with Crippen molar-refractivity contribution in [3.63, 3.8) is 0 Å². The lowest BCUT2D eigenvalue weighted by molar-refractivity contribution is 0.117. The molecule has 1 heterocycles. The Bertz CT molecular complexity index is 394. The van der Waals surface area contributed by atoms with Gasteiger partial charge in [-0.3, -0.25) is 4.90 Å². The number of hydrogen-bond donors (Lipinski definition) is 1. The second kappa shape index (κ2) is 5.93. The molecule has 19 heavy (non-hydrogen) atoms. The molecule has 0 bridgehead atoms. The van der Waals surface area contributed by atoms with E-state index in [-0.39, 0.29) is 0 Å². The normalized spacial score (nSPS) is 21.1. The van der Waals surface area contributed by atoms with Crippen molar-refractivity contribution in [1.29, 1.82) is 0 Å². The topological polar surface area (TPSA) is 24.5 Å². The summed E-state index contributed by atoms with van der Waals surface area (Å²) >= 11 is 0. The number of rotatable bonds is 4. The number of methoxy groups -OCH3 is 1. The molecule has 1 unspecified atom stereocenters. The molecular formula is C16H26N2O. The molecule has 3 nitrogen and oxygen atoms in total. The Kier molecular flexibility index (Phi) is 4.48. The second-order valence-electron chi connectivity index (χ2n) is 5.80. The summed E-state index contributed by atoms with van der Waals surface area (Å²) in [4.78, 5) is 2.57. The van der Waals surface area contributed by atoms with Gasteiger partial charge in [0.1, 0.15) is 5.75 Å². The van der Waals surface area contributed by atoms with Crippen LogP contribution in [0, 0.1) is 0 Å². The number of likely N-dealkylation sites (tertiary alicyclic amines) is 1. The maximum absolute atomic E-state index is 5.21. The Labute approximate surface area is 116 Å². The van der Waals surface area contributed by atoms with Gasteiger partial charge in [-0.1, -0.05) is 12.1 Å². The Morgan fingerprint density at radius 1 is 1.21 bits per heavy atom. The number of benzene rings is 1. The van der Waals surface area contributed by atoms with Crippen LogP contribution in [0.2, 0.25) is 0 Å². The van der Waals surface area contributed by atoms with Gasteiger partial charge in [0.05, 0.1) is 7.11 Å². The monoisotopic (exact) mass is 262 g/mol. The van der Waals surface area contributed by atoms with E-state index in [0.29, 0.717) is 11.6 Å². The Morgan fingerprint density at radius 3 is 2.26 bits per heavy atom. The number of nitrogens with one attached hydrogen (secondary N) is 1. The molecule has 0 aliphatic carbocycles. The molecule has 0 amide bonds. The van der Waals surface area contributed by atoms with Gasteiger partial charge in [-0.2, -0.15) is 0 Å². The summed E-state index contributed by atoms with van der Waals surface area (Å²) in [5.74, 6) is 0.928. The standard InChI is InChI=1S/C16H26N2O/c1-13(14-5-7-15(19-4)8-6-14)18-11-9-16(2,17-3)10-12-18/h5-8,13,17H,9-12H2,1-4H3. The van der Waals surface area contributed by atoms with Crippen LogP contribution in [0.15, 0.2) is 24.3 Å². The van der Waals surface area contributed by atoms with Crippen LogP contribution < -0.4 is 10.1 Å². The molecule has 1 aliphatic rings. The first-order chi connectivity index (χ1) is 9.08. The maximum atomic E-state index is 5.21. The first-order valence-electron chi connectivity index (χ1n) is 7.15. The fourth-order valence-electron chi connectivity index (χ4n) is 2.75. The molecule has 1 aromatic rings. The van der Waals surface area contributed by atoms with Gasteiger partial charge in [0, 0.05) is 24.7 Å². The van der Waals surface area contributed by atoms with E-state index in [0.717, 1.165) is 18.8 Å². The molecule has 1 saturated heterocycles. The minimum atomic E-state index is 0.316. The molecule has 1 fully saturated rings. The Hall–Kier alpha value is -1.06. The van der Waals surface area contributed by atoms with E-state index in [1.807, 2.05) is 12.1 Å². The van der Waals surface area contributed by atoms with Gasteiger partial charge in [-0.05, 0) is 51.4 Å². The van der Waals surface area contributed by atoms with Crippen molar-refractivity contribution >= 4 is 0 Å². The van der Waals surface area contributed by atoms with Crippen molar-refractivity contribution in [3.05, 3.63) is 29.8 Å². The first kappa shape index (κ1) is 14.4. The molecular weight excluding hydrogens is 236 g/mol. The van der Waals surface area contributed by atoms with Crippen LogP contribution in [-0.4, -0.2) is 37.7 Å². The van der Waals surface area contributed by atoms with Gasteiger partial charge < -0.3 is 10.1 Å². The quantitative estimate of drug-likeness (QED) is 0.903. The van der Waals surface area contributed by atoms with Crippen LogP contribution in [0.4, 0.5) is 0 Å². The predicted octanol–water partition coefficient (Wildman–Crippen LogP) is 2.83. The maximum Gasteiger partial charge on any atom is 0.118 e. The summed E-state index contributed by atoms with van der Waals surface area (Å²) in [6, 6.07) is 8.93. The van der Waals surface area contributed by atoms with E-state index in [2.05, 4.69) is 43.2 Å². The third-order valence-electron chi connectivity index (χ3n) is 4.65. The lowest BCUT2D eigenvalue weighted by Gasteiger charge is -2.42. The minimum Gasteiger partial charge on any atom is -0.497 e. The van der Waals surface area contributed by atoms with Crippen LogP contribution in [-0.2, 0) is 0 Å². The van der Waals surface area contributed by atoms with Crippen molar-refractivity contribution in [1.82, 2.24) is 10.2 Å². The smallest absolute Gasteiger partial charge is 0.118 e. The van der Waals surface area contributed by atoms with E-state index in [1.54, 1.807) is 7.11 Å². The molecule has 0 saturated carbocycles. The summed E-state index contributed by atoms with van der Waals surface area (Å²) in [6.07, 6.45) is 2.42. The fourth-order valence-corrected chi connectivity index (χ4v) is 2.75. The second-order valence-corrected chi connectivity index (χ2v) is 5.80. The van der Waals surface area contributed by atoms with E-state index >= 15 is 0 Å². The summed E-state index contributed by atoms with van der Waals surface area (Å²) in [6.45, 7) is 6.93.